The molecule has 0 saturated heterocycles. The van der Waals surface area contributed by atoms with Gasteiger partial charge in [-0.25, -0.2) is 9.97 Å². The molecule has 124 valence electrons. The van der Waals surface area contributed by atoms with E-state index in [2.05, 4.69) is 34.3 Å². The van der Waals surface area contributed by atoms with E-state index < -0.39 is 0 Å². The third kappa shape index (κ3) is 2.90. The highest BCUT2D eigenvalue weighted by atomic mass is 32.1. The third-order valence-electron chi connectivity index (χ3n) is 3.77. The number of hydrazone groups is 1. The van der Waals surface area contributed by atoms with Gasteiger partial charge in [-0.2, -0.15) is 5.10 Å². The molecule has 3 aromatic rings. The van der Waals surface area contributed by atoms with Crippen LogP contribution in [0.3, 0.4) is 0 Å². The van der Waals surface area contributed by atoms with Gasteiger partial charge in [-0.1, -0.05) is 6.07 Å². The van der Waals surface area contributed by atoms with Crippen LogP contribution in [0.25, 0.3) is 10.2 Å². The molecule has 0 radical (unpaired) electrons. The van der Waals surface area contributed by atoms with E-state index in [-0.39, 0.29) is 0 Å². The van der Waals surface area contributed by atoms with Gasteiger partial charge in [0, 0.05) is 10.4 Å². The first-order valence-electron chi connectivity index (χ1n) is 7.36. The van der Waals surface area contributed by atoms with E-state index in [9.17, 15) is 0 Å². The van der Waals surface area contributed by atoms with Gasteiger partial charge in [0.25, 0.3) is 0 Å². The topological polar surface area (TPSA) is 68.6 Å². The van der Waals surface area contributed by atoms with Crippen LogP contribution >= 0.6 is 11.3 Å². The molecule has 0 saturated carbocycles. The van der Waals surface area contributed by atoms with Crippen molar-refractivity contribution in [2.75, 3.05) is 19.6 Å². The van der Waals surface area contributed by atoms with Crippen LogP contribution in [0.15, 0.2) is 29.6 Å². The summed E-state index contributed by atoms with van der Waals surface area (Å²) in [5.74, 6) is 2.00. The minimum absolute atomic E-state index is 0.640. The van der Waals surface area contributed by atoms with E-state index in [4.69, 9.17) is 9.47 Å². The Bertz CT molecular complexity index is 905. The maximum Gasteiger partial charge on any atom is 0.169 e. The van der Waals surface area contributed by atoms with Crippen molar-refractivity contribution in [2.24, 2.45) is 5.10 Å². The molecule has 7 heteroatoms. The summed E-state index contributed by atoms with van der Waals surface area (Å²) in [6.45, 7) is 4.15. The Balaban J connectivity index is 1.91. The maximum absolute atomic E-state index is 5.39. The quantitative estimate of drug-likeness (QED) is 0.564. The SMILES string of the molecule is COc1cccc(C=NNc2ncnc3sc(C)c(C)c23)c1OC. The maximum atomic E-state index is 5.39. The van der Waals surface area contributed by atoms with Gasteiger partial charge in [0.15, 0.2) is 17.3 Å². The monoisotopic (exact) mass is 342 g/mol. The second-order valence-corrected chi connectivity index (χ2v) is 6.34. The molecule has 0 amide bonds. The number of fused-ring (bicyclic) bond motifs is 1. The molecule has 0 unspecified atom stereocenters. The van der Waals surface area contributed by atoms with Crippen LogP contribution in [-0.2, 0) is 0 Å². The van der Waals surface area contributed by atoms with Gasteiger partial charge < -0.3 is 9.47 Å². The number of para-hydroxylation sites is 1. The molecule has 0 spiro atoms. The standard InChI is InChI=1S/C17H18N4O2S/c1-10-11(2)24-17-14(10)16(18-9-19-17)21-20-8-12-6-5-7-13(22-3)15(12)23-4/h5-9H,1-4H3,(H,18,19,21). The number of aromatic nitrogens is 2. The van der Waals surface area contributed by atoms with Crippen molar-refractivity contribution in [3.63, 3.8) is 0 Å². The summed E-state index contributed by atoms with van der Waals surface area (Å²) in [5, 5.41) is 5.31. The van der Waals surface area contributed by atoms with Gasteiger partial charge in [-0.3, -0.25) is 5.43 Å². The van der Waals surface area contributed by atoms with Gasteiger partial charge in [0.2, 0.25) is 0 Å². The predicted octanol–water partition coefficient (Wildman–Crippen LogP) is 3.77. The Morgan fingerprint density at radius 3 is 2.75 bits per heavy atom. The van der Waals surface area contributed by atoms with Crippen LogP contribution in [0, 0.1) is 13.8 Å². The van der Waals surface area contributed by atoms with Gasteiger partial charge in [-0.15, -0.1) is 11.3 Å². The molecule has 0 fully saturated rings. The highest BCUT2D eigenvalue weighted by molar-refractivity contribution is 7.18. The Morgan fingerprint density at radius 2 is 2.00 bits per heavy atom. The fraction of sp³-hybridized carbons (Fsp3) is 0.235. The molecule has 2 aromatic heterocycles. The first-order chi connectivity index (χ1) is 11.7. The van der Waals surface area contributed by atoms with Crippen molar-refractivity contribution in [1.29, 1.82) is 0 Å². The number of nitrogens with one attached hydrogen (secondary N) is 1. The van der Waals surface area contributed by atoms with Crippen LogP contribution in [0.4, 0.5) is 5.82 Å². The average molecular weight is 342 g/mol. The lowest BCUT2D eigenvalue weighted by Gasteiger charge is -2.09. The molecule has 0 atom stereocenters. The van der Waals surface area contributed by atoms with Crippen molar-refractivity contribution in [1.82, 2.24) is 9.97 Å². The number of benzene rings is 1. The van der Waals surface area contributed by atoms with Gasteiger partial charge in [0.05, 0.1) is 25.8 Å². The van der Waals surface area contributed by atoms with Crippen molar-refractivity contribution in [3.05, 3.63) is 40.5 Å². The zero-order valence-electron chi connectivity index (χ0n) is 14.0. The molecule has 0 aliphatic carbocycles. The summed E-state index contributed by atoms with van der Waals surface area (Å²) in [5.41, 5.74) is 4.99. The van der Waals surface area contributed by atoms with E-state index in [1.807, 2.05) is 18.2 Å². The molecule has 0 aliphatic rings. The lowest BCUT2D eigenvalue weighted by atomic mass is 10.2. The minimum Gasteiger partial charge on any atom is -0.493 e. The Kier molecular flexibility index (Phi) is 4.61. The molecule has 3 rings (SSSR count). The van der Waals surface area contributed by atoms with Crippen LogP contribution in [0.2, 0.25) is 0 Å². The van der Waals surface area contributed by atoms with Crippen LogP contribution < -0.4 is 14.9 Å². The average Bonchev–Trinajstić information content (AvgIpc) is 2.89. The molecule has 0 aliphatic heterocycles. The third-order valence-corrected chi connectivity index (χ3v) is 4.89. The van der Waals surface area contributed by atoms with E-state index >= 15 is 0 Å². The van der Waals surface area contributed by atoms with Crippen molar-refractivity contribution in [3.8, 4) is 11.5 Å². The largest absolute Gasteiger partial charge is 0.493 e. The molecule has 0 bridgehead atoms. The van der Waals surface area contributed by atoms with E-state index in [0.717, 1.165) is 15.8 Å². The lowest BCUT2D eigenvalue weighted by molar-refractivity contribution is 0.354. The fourth-order valence-electron chi connectivity index (χ4n) is 2.44. The summed E-state index contributed by atoms with van der Waals surface area (Å²) >= 11 is 1.65. The number of hydrogen-bond donors (Lipinski definition) is 1. The van der Waals surface area contributed by atoms with Crippen molar-refractivity contribution >= 4 is 33.6 Å². The van der Waals surface area contributed by atoms with Gasteiger partial charge in [-0.05, 0) is 31.5 Å². The zero-order chi connectivity index (χ0) is 17.1. The Labute approximate surface area is 144 Å². The van der Waals surface area contributed by atoms with E-state index in [1.54, 1.807) is 38.1 Å². The summed E-state index contributed by atoms with van der Waals surface area (Å²) in [6, 6.07) is 5.63. The summed E-state index contributed by atoms with van der Waals surface area (Å²) in [7, 11) is 3.21. The molecule has 6 nitrogen and oxygen atoms in total. The predicted molar refractivity (Wildman–Crippen MR) is 97.7 cm³/mol. The normalized spacial score (nSPS) is 11.2. The zero-order valence-corrected chi connectivity index (χ0v) is 14.8. The number of hydrogen-bond acceptors (Lipinski definition) is 7. The molecule has 1 aromatic carbocycles. The van der Waals surface area contributed by atoms with Gasteiger partial charge in [0.1, 0.15) is 11.2 Å². The number of methoxy groups -OCH3 is 2. The number of ether oxygens (including phenoxy) is 2. The second kappa shape index (κ2) is 6.84. The molecular weight excluding hydrogens is 324 g/mol. The summed E-state index contributed by atoms with van der Waals surface area (Å²) in [4.78, 5) is 10.8. The fourth-order valence-corrected chi connectivity index (χ4v) is 3.44. The molecular formula is C17H18N4O2S. The Hall–Kier alpha value is -2.67. The van der Waals surface area contributed by atoms with Crippen LogP contribution in [-0.4, -0.2) is 30.4 Å². The highest BCUT2D eigenvalue weighted by Crippen LogP contribution is 2.32. The van der Waals surface area contributed by atoms with Crippen LogP contribution in [0.5, 0.6) is 11.5 Å². The molecule has 24 heavy (non-hydrogen) atoms. The number of anilines is 1. The molecule has 2 heterocycles. The smallest absolute Gasteiger partial charge is 0.169 e. The number of aryl methyl sites for hydroxylation is 2. The highest BCUT2D eigenvalue weighted by Gasteiger charge is 2.11. The summed E-state index contributed by atoms with van der Waals surface area (Å²) in [6.07, 6.45) is 3.23. The van der Waals surface area contributed by atoms with E-state index in [1.165, 1.54) is 10.4 Å². The molecule has 1 N–H and O–H groups in total. The lowest BCUT2D eigenvalue weighted by Crippen LogP contribution is -1.98. The van der Waals surface area contributed by atoms with Gasteiger partial charge >= 0.3 is 0 Å². The minimum atomic E-state index is 0.640. The van der Waals surface area contributed by atoms with Crippen LogP contribution in [0.1, 0.15) is 16.0 Å². The van der Waals surface area contributed by atoms with Crippen molar-refractivity contribution < 1.29 is 9.47 Å². The number of rotatable bonds is 5. The number of nitrogens with zero attached hydrogens (tertiary/aromatic N) is 3. The Morgan fingerprint density at radius 1 is 1.17 bits per heavy atom. The van der Waals surface area contributed by atoms with E-state index in [0.29, 0.717) is 17.3 Å². The van der Waals surface area contributed by atoms with Crippen molar-refractivity contribution in [2.45, 2.75) is 13.8 Å². The summed E-state index contributed by atoms with van der Waals surface area (Å²) < 4.78 is 10.7. The first kappa shape index (κ1) is 16.2. The second-order valence-electron chi connectivity index (χ2n) is 5.14. The first-order valence-corrected chi connectivity index (χ1v) is 8.18. The number of thiophene rings is 1.